The number of hydrogen-bond acceptors (Lipinski definition) is 4. The Labute approximate surface area is 115 Å². The van der Waals surface area contributed by atoms with Gasteiger partial charge in [0.2, 0.25) is 5.91 Å². The van der Waals surface area contributed by atoms with Crippen LogP contribution >= 0.6 is 11.3 Å². The Kier molecular flexibility index (Phi) is 4.55. The van der Waals surface area contributed by atoms with E-state index >= 15 is 0 Å². The highest BCUT2D eigenvalue weighted by Gasteiger charge is 2.21. The van der Waals surface area contributed by atoms with Gasteiger partial charge in [0.1, 0.15) is 6.61 Å². The summed E-state index contributed by atoms with van der Waals surface area (Å²) in [7, 11) is 0. The van der Waals surface area contributed by atoms with Crippen molar-refractivity contribution >= 4 is 23.2 Å². The Bertz CT molecular complexity index is 542. The molecule has 0 aromatic carbocycles. The minimum atomic E-state index is -0.194. The van der Waals surface area contributed by atoms with E-state index in [1.165, 1.54) is 11.3 Å². The Morgan fingerprint density at radius 1 is 1.63 bits per heavy atom. The molecule has 3 N–H and O–H groups in total. The SMILES string of the molecule is O=C1CCC(CNC(=O)c2csc(C#CCO)c2)N1. The molecule has 0 aliphatic carbocycles. The van der Waals surface area contributed by atoms with Crippen molar-refractivity contribution < 1.29 is 14.7 Å². The molecule has 0 bridgehead atoms. The van der Waals surface area contributed by atoms with Gasteiger partial charge in [0.15, 0.2) is 0 Å². The first-order valence-electron chi connectivity index (χ1n) is 5.95. The van der Waals surface area contributed by atoms with Crippen molar-refractivity contribution in [2.75, 3.05) is 13.2 Å². The second-order valence-corrected chi connectivity index (χ2v) is 5.08. The number of amides is 2. The highest BCUT2D eigenvalue weighted by Crippen LogP contribution is 2.13. The van der Waals surface area contributed by atoms with Crippen molar-refractivity contribution in [3.05, 3.63) is 21.9 Å². The monoisotopic (exact) mass is 278 g/mol. The van der Waals surface area contributed by atoms with E-state index in [0.717, 1.165) is 11.3 Å². The fourth-order valence-electron chi connectivity index (χ4n) is 1.80. The maximum Gasteiger partial charge on any atom is 0.252 e. The molecule has 1 unspecified atom stereocenters. The largest absolute Gasteiger partial charge is 0.384 e. The molecule has 0 spiro atoms. The van der Waals surface area contributed by atoms with E-state index < -0.39 is 0 Å². The van der Waals surface area contributed by atoms with E-state index in [1.807, 2.05) is 0 Å². The van der Waals surface area contributed by atoms with Crippen LogP contribution in [0.1, 0.15) is 28.1 Å². The topological polar surface area (TPSA) is 78.4 Å². The maximum absolute atomic E-state index is 11.9. The molecular weight excluding hydrogens is 264 g/mol. The minimum Gasteiger partial charge on any atom is -0.384 e. The van der Waals surface area contributed by atoms with Crippen LogP contribution in [-0.2, 0) is 4.79 Å². The van der Waals surface area contributed by atoms with Gasteiger partial charge in [-0.3, -0.25) is 9.59 Å². The van der Waals surface area contributed by atoms with Crippen molar-refractivity contribution in [2.45, 2.75) is 18.9 Å². The first-order valence-corrected chi connectivity index (χ1v) is 6.83. The highest BCUT2D eigenvalue weighted by molar-refractivity contribution is 7.10. The molecular formula is C13H14N2O3S. The quantitative estimate of drug-likeness (QED) is 0.686. The summed E-state index contributed by atoms with van der Waals surface area (Å²) in [4.78, 5) is 23.6. The minimum absolute atomic E-state index is 0.0312. The molecule has 1 atom stereocenters. The highest BCUT2D eigenvalue weighted by atomic mass is 32.1. The molecule has 1 aromatic rings. The number of aliphatic hydroxyl groups excluding tert-OH is 1. The Balaban J connectivity index is 1.86. The zero-order valence-electron chi connectivity index (χ0n) is 10.2. The van der Waals surface area contributed by atoms with Crippen LogP contribution in [0.4, 0.5) is 0 Å². The lowest BCUT2D eigenvalue weighted by Gasteiger charge is -2.10. The van der Waals surface area contributed by atoms with E-state index in [-0.39, 0.29) is 24.5 Å². The van der Waals surface area contributed by atoms with Crippen LogP contribution in [0.2, 0.25) is 0 Å². The van der Waals surface area contributed by atoms with Gasteiger partial charge in [-0.2, -0.15) is 0 Å². The van der Waals surface area contributed by atoms with Gasteiger partial charge in [-0.05, 0) is 12.5 Å². The summed E-state index contributed by atoms with van der Waals surface area (Å²) >= 11 is 1.36. The van der Waals surface area contributed by atoms with Crippen molar-refractivity contribution in [2.24, 2.45) is 0 Å². The molecule has 1 aliphatic rings. The van der Waals surface area contributed by atoms with Gasteiger partial charge in [-0.1, -0.05) is 11.8 Å². The lowest BCUT2D eigenvalue weighted by molar-refractivity contribution is -0.119. The first-order chi connectivity index (χ1) is 9.19. The van der Waals surface area contributed by atoms with Gasteiger partial charge in [0.25, 0.3) is 5.91 Å². The molecule has 1 aromatic heterocycles. The van der Waals surface area contributed by atoms with E-state index in [0.29, 0.717) is 18.5 Å². The van der Waals surface area contributed by atoms with Gasteiger partial charge in [-0.25, -0.2) is 0 Å². The fourth-order valence-corrected chi connectivity index (χ4v) is 2.55. The van der Waals surface area contributed by atoms with Gasteiger partial charge in [-0.15, -0.1) is 11.3 Å². The summed E-state index contributed by atoms with van der Waals surface area (Å²) in [6, 6.07) is 1.72. The number of carbonyl (C=O) groups is 2. The van der Waals surface area contributed by atoms with Crippen molar-refractivity contribution in [3.63, 3.8) is 0 Å². The lowest BCUT2D eigenvalue weighted by atomic mass is 10.2. The van der Waals surface area contributed by atoms with Crippen LogP contribution in [-0.4, -0.2) is 36.1 Å². The number of hydrogen-bond donors (Lipinski definition) is 3. The Morgan fingerprint density at radius 3 is 3.16 bits per heavy atom. The number of aliphatic hydroxyl groups is 1. The number of carbonyl (C=O) groups excluding carboxylic acids is 2. The second-order valence-electron chi connectivity index (χ2n) is 4.17. The summed E-state index contributed by atoms with van der Waals surface area (Å²) in [5.74, 6) is 5.16. The van der Waals surface area contributed by atoms with Crippen LogP contribution in [0.5, 0.6) is 0 Å². The van der Waals surface area contributed by atoms with Crippen LogP contribution in [0.3, 0.4) is 0 Å². The van der Waals surface area contributed by atoms with E-state index in [2.05, 4.69) is 22.5 Å². The predicted octanol–water partition coefficient (Wildman–Crippen LogP) is 0.100. The van der Waals surface area contributed by atoms with Gasteiger partial charge >= 0.3 is 0 Å². The molecule has 19 heavy (non-hydrogen) atoms. The number of nitrogens with one attached hydrogen (secondary N) is 2. The molecule has 1 fully saturated rings. The summed E-state index contributed by atoms with van der Waals surface area (Å²) < 4.78 is 0. The van der Waals surface area contributed by atoms with E-state index in [9.17, 15) is 9.59 Å². The number of thiophene rings is 1. The summed E-state index contributed by atoms with van der Waals surface area (Å²) in [6.07, 6.45) is 1.29. The zero-order valence-corrected chi connectivity index (χ0v) is 11.0. The average molecular weight is 278 g/mol. The van der Waals surface area contributed by atoms with Crippen LogP contribution in [0, 0.1) is 11.8 Å². The fraction of sp³-hybridized carbons (Fsp3) is 0.385. The molecule has 2 amide bonds. The summed E-state index contributed by atoms with van der Waals surface area (Å²) in [5.41, 5.74) is 0.552. The van der Waals surface area contributed by atoms with E-state index in [1.54, 1.807) is 11.4 Å². The van der Waals surface area contributed by atoms with Crippen LogP contribution in [0.25, 0.3) is 0 Å². The van der Waals surface area contributed by atoms with Crippen LogP contribution < -0.4 is 10.6 Å². The molecule has 0 saturated carbocycles. The standard InChI is InChI=1S/C13H14N2O3S/c16-5-1-2-11-6-9(8-19-11)13(18)14-7-10-3-4-12(17)15-10/h6,8,10,16H,3-5,7H2,(H,14,18)(H,15,17). The lowest BCUT2D eigenvalue weighted by Crippen LogP contribution is -2.38. The molecule has 0 radical (unpaired) electrons. The molecule has 6 heteroatoms. The Hall–Kier alpha value is -1.84. The Morgan fingerprint density at radius 2 is 2.47 bits per heavy atom. The third-order valence-corrected chi connectivity index (χ3v) is 3.59. The third-order valence-electron chi connectivity index (χ3n) is 2.75. The maximum atomic E-state index is 11.9. The first kappa shape index (κ1) is 13.6. The average Bonchev–Trinajstić information content (AvgIpc) is 3.02. The van der Waals surface area contributed by atoms with Crippen LogP contribution in [0.15, 0.2) is 11.4 Å². The molecule has 5 nitrogen and oxygen atoms in total. The zero-order chi connectivity index (χ0) is 13.7. The van der Waals surface area contributed by atoms with Crippen molar-refractivity contribution in [1.82, 2.24) is 10.6 Å². The van der Waals surface area contributed by atoms with Crippen molar-refractivity contribution in [1.29, 1.82) is 0 Å². The number of rotatable bonds is 3. The van der Waals surface area contributed by atoms with E-state index in [4.69, 9.17) is 5.11 Å². The predicted molar refractivity (Wildman–Crippen MR) is 71.8 cm³/mol. The van der Waals surface area contributed by atoms with Crippen molar-refractivity contribution in [3.8, 4) is 11.8 Å². The second kappa shape index (κ2) is 6.36. The molecule has 2 rings (SSSR count). The summed E-state index contributed by atoms with van der Waals surface area (Å²) in [5, 5.41) is 15.9. The molecule has 100 valence electrons. The third kappa shape index (κ3) is 3.81. The summed E-state index contributed by atoms with van der Waals surface area (Å²) in [6.45, 7) is 0.249. The van der Waals surface area contributed by atoms with Gasteiger partial charge in [0, 0.05) is 24.4 Å². The molecule has 2 heterocycles. The smallest absolute Gasteiger partial charge is 0.252 e. The molecule has 1 aliphatic heterocycles. The normalized spacial score (nSPS) is 17.5. The van der Waals surface area contributed by atoms with Gasteiger partial charge < -0.3 is 15.7 Å². The van der Waals surface area contributed by atoms with Gasteiger partial charge in [0.05, 0.1) is 10.4 Å². The molecule has 1 saturated heterocycles.